The number of nitrogens with zero attached hydrogens (tertiary/aromatic N) is 1. The van der Waals surface area contributed by atoms with Crippen molar-refractivity contribution >= 4 is 37.1 Å². The van der Waals surface area contributed by atoms with Gasteiger partial charge in [0.25, 0.3) is 0 Å². The third-order valence-electron chi connectivity index (χ3n) is 1.64. The van der Waals surface area contributed by atoms with Gasteiger partial charge in [0.15, 0.2) is 0 Å². The number of ether oxygens (including phenoxy) is 1. The lowest BCUT2D eigenvalue weighted by Gasteiger charge is -2.21. The summed E-state index contributed by atoms with van der Waals surface area (Å²) in [7, 11) is 1.71. The maximum absolute atomic E-state index is 11.4. The highest BCUT2D eigenvalue weighted by Gasteiger charge is 2.17. The Hall–Kier alpha value is -0.400. The standard InChI is InChI=1S/C10H20N2O3S2/c1-10(2,3)15-8(14)5-11-7(13)6-12(4)9(16)17/h9,16-17H,5-6H2,1-4H3,(H,11,13). The first-order chi connectivity index (χ1) is 7.61. The van der Waals surface area contributed by atoms with Crippen LogP contribution < -0.4 is 5.32 Å². The second kappa shape index (κ2) is 7.13. The minimum Gasteiger partial charge on any atom is -0.459 e. The Bertz CT molecular complexity index is 277. The summed E-state index contributed by atoms with van der Waals surface area (Å²) in [4.78, 5) is 24.3. The summed E-state index contributed by atoms with van der Waals surface area (Å²) in [6.07, 6.45) is 0. The maximum Gasteiger partial charge on any atom is 0.325 e. The molecule has 0 aliphatic heterocycles. The molecule has 0 bridgehead atoms. The van der Waals surface area contributed by atoms with Crippen LogP contribution in [0.3, 0.4) is 0 Å². The molecule has 1 amide bonds. The summed E-state index contributed by atoms with van der Waals surface area (Å²) in [5.41, 5.74) is -0.542. The molecule has 0 aromatic heterocycles. The Morgan fingerprint density at radius 3 is 2.29 bits per heavy atom. The average Bonchev–Trinajstić information content (AvgIpc) is 2.11. The molecule has 0 fully saturated rings. The number of carbonyl (C=O) groups excluding carboxylic acids is 2. The molecule has 0 aliphatic rings. The number of carbonyl (C=O) groups is 2. The van der Waals surface area contributed by atoms with Gasteiger partial charge in [-0.15, -0.1) is 25.3 Å². The molecule has 5 nitrogen and oxygen atoms in total. The van der Waals surface area contributed by atoms with Crippen LogP contribution >= 0.6 is 25.3 Å². The zero-order valence-electron chi connectivity index (χ0n) is 10.6. The van der Waals surface area contributed by atoms with E-state index in [1.807, 2.05) is 0 Å². The third-order valence-corrected chi connectivity index (χ3v) is 2.43. The molecule has 0 aromatic carbocycles. The Balaban J connectivity index is 3.89. The van der Waals surface area contributed by atoms with E-state index in [1.165, 1.54) is 0 Å². The highest BCUT2D eigenvalue weighted by Crippen LogP contribution is 2.06. The molecular weight excluding hydrogens is 260 g/mol. The summed E-state index contributed by atoms with van der Waals surface area (Å²) in [6, 6.07) is 0. The maximum atomic E-state index is 11.4. The summed E-state index contributed by atoms with van der Waals surface area (Å²) in [5.74, 6) is -0.728. The van der Waals surface area contributed by atoms with Crippen molar-refractivity contribution in [3.63, 3.8) is 0 Å². The first-order valence-electron chi connectivity index (χ1n) is 5.17. The molecule has 0 aromatic rings. The van der Waals surface area contributed by atoms with E-state index in [9.17, 15) is 9.59 Å². The molecule has 7 heteroatoms. The van der Waals surface area contributed by atoms with Crippen molar-refractivity contribution in [2.24, 2.45) is 0 Å². The molecule has 0 atom stereocenters. The van der Waals surface area contributed by atoms with Gasteiger partial charge in [-0.2, -0.15) is 0 Å². The second-order valence-electron chi connectivity index (χ2n) is 4.62. The Morgan fingerprint density at radius 1 is 1.35 bits per heavy atom. The summed E-state index contributed by atoms with van der Waals surface area (Å²) >= 11 is 8.10. The van der Waals surface area contributed by atoms with Crippen molar-refractivity contribution in [2.45, 2.75) is 31.1 Å². The highest BCUT2D eigenvalue weighted by atomic mass is 32.2. The smallest absolute Gasteiger partial charge is 0.325 e. The van der Waals surface area contributed by atoms with Gasteiger partial charge in [0.05, 0.1) is 11.3 Å². The van der Waals surface area contributed by atoms with Crippen molar-refractivity contribution in [2.75, 3.05) is 20.1 Å². The van der Waals surface area contributed by atoms with Crippen LogP contribution in [0.2, 0.25) is 0 Å². The van der Waals surface area contributed by atoms with Gasteiger partial charge in [-0.05, 0) is 27.8 Å². The molecule has 0 saturated carbocycles. The van der Waals surface area contributed by atoms with Crippen LogP contribution in [-0.4, -0.2) is 47.2 Å². The van der Waals surface area contributed by atoms with Crippen molar-refractivity contribution in [1.29, 1.82) is 0 Å². The summed E-state index contributed by atoms with van der Waals surface area (Å²) < 4.78 is 4.73. The minimum absolute atomic E-state index is 0.125. The molecule has 0 spiro atoms. The number of amides is 1. The molecule has 0 saturated heterocycles. The normalized spacial score (nSPS) is 11.8. The molecule has 0 radical (unpaired) electrons. The van der Waals surface area contributed by atoms with Crippen LogP contribution in [0.4, 0.5) is 0 Å². The molecule has 0 unspecified atom stereocenters. The fourth-order valence-electron chi connectivity index (χ4n) is 0.912. The van der Waals surface area contributed by atoms with E-state index in [0.29, 0.717) is 0 Å². The van der Waals surface area contributed by atoms with Crippen molar-refractivity contribution in [3.05, 3.63) is 0 Å². The Kier molecular flexibility index (Phi) is 6.96. The summed E-state index contributed by atoms with van der Waals surface area (Å²) in [6.45, 7) is 5.31. The van der Waals surface area contributed by atoms with Gasteiger partial charge in [-0.3, -0.25) is 14.5 Å². The van der Waals surface area contributed by atoms with Crippen LogP contribution in [0, 0.1) is 0 Å². The van der Waals surface area contributed by atoms with Gasteiger partial charge in [0, 0.05) is 0 Å². The third kappa shape index (κ3) is 9.31. The van der Waals surface area contributed by atoms with Crippen LogP contribution in [0.5, 0.6) is 0 Å². The topological polar surface area (TPSA) is 58.6 Å². The van der Waals surface area contributed by atoms with E-state index in [-0.39, 0.29) is 23.7 Å². The van der Waals surface area contributed by atoms with E-state index in [4.69, 9.17) is 4.74 Å². The lowest BCUT2D eigenvalue weighted by atomic mass is 10.2. The number of hydrogen-bond acceptors (Lipinski definition) is 6. The van der Waals surface area contributed by atoms with Gasteiger partial charge < -0.3 is 10.1 Å². The average molecular weight is 280 g/mol. The Morgan fingerprint density at radius 2 is 1.88 bits per heavy atom. The van der Waals surface area contributed by atoms with Gasteiger partial charge in [0.1, 0.15) is 12.1 Å². The molecule has 100 valence electrons. The number of rotatable bonds is 5. The quantitative estimate of drug-likeness (QED) is 0.390. The number of thiol groups is 2. The zero-order chi connectivity index (χ0) is 13.6. The second-order valence-corrected chi connectivity index (χ2v) is 6.01. The lowest BCUT2D eigenvalue weighted by Crippen LogP contribution is -2.40. The van der Waals surface area contributed by atoms with Gasteiger partial charge in [0.2, 0.25) is 5.91 Å². The number of likely N-dealkylation sites (N-methyl/N-ethyl adjacent to an activating group) is 1. The Labute approximate surface area is 113 Å². The highest BCUT2D eigenvalue weighted by molar-refractivity contribution is 7.99. The van der Waals surface area contributed by atoms with E-state index < -0.39 is 11.6 Å². The largest absolute Gasteiger partial charge is 0.459 e. The van der Waals surface area contributed by atoms with Gasteiger partial charge in [-0.25, -0.2) is 0 Å². The van der Waals surface area contributed by atoms with E-state index >= 15 is 0 Å². The fraction of sp³-hybridized carbons (Fsp3) is 0.800. The molecule has 0 rings (SSSR count). The van der Waals surface area contributed by atoms with Crippen LogP contribution in [0.25, 0.3) is 0 Å². The number of esters is 1. The monoisotopic (exact) mass is 280 g/mol. The van der Waals surface area contributed by atoms with Crippen LogP contribution in [0.15, 0.2) is 0 Å². The van der Waals surface area contributed by atoms with E-state index in [2.05, 4.69) is 30.6 Å². The first-order valence-corrected chi connectivity index (χ1v) is 6.20. The van der Waals surface area contributed by atoms with Crippen LogP contribution in [0.1, 0.15) is 20.8 Å². The molecule has 1 N–H and O–H groups in total. The minimum atomic E-state index is -0.542. The van der Waals surface area contributed by atoms with Gasteiger partial charge in [-0.1, -0.05) is 0 Å². The van der Waals surface area contributed by atoms with Gasteiger partial charge >= 0.3 is 5.97 Å². The van der Waals surface area contributed by atoms with Crippen molar-refractivity contribution in [3.8, 4) is 0 Å². The molecule has 0 heterocycles. The van der Waals surface area contributed by atoms with Crippen molar-refractivity contribution < 1.29 is 14.3 Å². The molecule has 17 heavy (non-hydrogen) atoms. The zero-order valence-corrected chi connectivity index (χ0v) is 12.3. The van der Waals surface area contributed by atoms with Crippen LogP contribution in [-0.2, 0) is 14.3 Å². The SMILES string of the molecule is CN(CC(=O)NCC(=O)OC(C)(C)C)C(S)S. The molecular formula is C10H20N2O3S2. The number of nitrogens with one attached hydrogen (secondary N) is 1. The number of hydrogen-bond donors (Lipinski definition) is 3. The predicted octanol–water partition coefficient (Wildman–Crippen LogP) is 0.519. The summed E-state index contributed by atoms with van der Waals surface area (Å²) in [5, 5.41) is 2.47. The van der Waals surface area contributed by atoms with E-state index in [0.717, 1.165) is 0 Å². The lowest BCUT2D eigenvalue weighted by molar-refractivity contribution is -0.154. The first kappa shape index (κ1) is 16.6. The molecule has 0 aliphatic carbocycles. The van der Waals surface area contributed by atoms with Crippen molar-refractivity contribution in [1.82, 2.24) is 10.2 Å². The predicted molar refractivity (Wildman–Crippen MR) is 73.2 cm³/mol. The fourth-order valence-corrected chi connectivity index (χ4v) is 1.08. The van der Waals surface area contributed by atoms with E-state index in [1.54, 1.807) is 32.7 Å².